The smallest absolute Gasteiger partial charge is 0.224 e. The zero-order valence-corrected chi connectivity index (χ0v) is 19.2. The third kappa shape index (κ3) is 8.81. The second-order valence-corrected chi connectivity index (χ2v) is 7.21. The van der Waals surface area contributed by atoms with E-state index in [1.165, 1.54) is 0 Å². The first-order valence-corrected chi connectivity index (χ1v) is 10.3. The third-order valence-corrected chi connectivity index (χ3v) is 5.86. The van der Waals surface area contributed by atoms with Crippen LogP contribution < -0.4 is 10.6 Å². The van der Waals surface area contributed by atoms with E-state index in [2.05, 4.69) is 23.8 Å². The molecule has 25 heavy (non-hydrogen) atoms. The van der Waals surface area contributed by atoms with Crippen LogP contribution in [0.5, 0.6) is 0 Å². The number of aliphatic imine (C=N–C) groups is 1. The van der Waals surface area contributed by atoms with Gasteiger partial charge in [-0.05, 0) is 39.9 Å². The standard InChI is InChI=1S/C17H34N4O2S.HI/c1-5-18-16(19-11-8-15(22)21(6-2)7-3)20-14-17(24-4)9-12-23-13-10-17;/h5-14H2,1-4H3,(H2,18,19,20);1H. The van der Waals surface area contributed by atoms with Crippen LogP contribution in [0.1, 0.15) is 40.0 Å². The number of ether oxygens (including phenoxy) is 1. The fourth-order valence-corrected chi connectivity index (χ4v) is 3.53. The van der Waals surface area contributed by atoms with E-state index in [-0.39, 0.29) is 34.6 Å². The van der Waals surface area contributed by atoms with Crippen LogP contribution in [0.25, 0.3) is 0 Å². The van der Waals surface area contributed by atoms with Crippen LogP contribution in [0.3, 0.4) is 0 Å². The number of hydrogen-bond acceptors (Lipinski definition) is 4. The zero-order valence-electron chi connectivity index (χ0n) is 16.1. The molecule has 1 aliphatic rings. The average Bonchev–Trinajstić information content (AvgIpc) is 2.61. The Hall–Kier alpha value is -0.220. The second kappa shape index (κ2) is 13.9. The van der Waals surface area contributed by atoms with Crippen molar-refractivity contribution in [2.24, 2.45) is 4.99 Å². The van der Waals surface area contributed by atoms with Gasteiger partial charge in [-0.15, -0.1) is 24.0 Å². The van der Waals surface area contributed by atoms with Gasteiger partial charge in [0.1, 0.15) is 0 Å². The molecule has 1 aliphatic heterocycles. The van der Waals surface area contributed by atoms with E-state index < -0.39 is 0 Å². The van der Waals surface area contributed by atoms with E-state index in [0.29, 0.717) is 13.0 Å². The molecule has 0 aromatic rings. The van der Waals surface area contributed by atoms with Crippen molar-refractivity contribution < 1.29 is 9.53 Å². The number of rotatable bonds is 9. The Morgan fingerprint density at radius 3 is 2.36 bits per heavy atom. The van der Waals surface area contributed by atoms with Gasteiger partial charge in [-0.25, -0.2) is 0 Å². The maximum absolute atomic E-state index is 12.1. The molecule has 0 atom stereocenters. The Morgan fingerprint density at radius 2 is 1.84 bits per heavy atom. The minimum atomic E-state index is 0. The fourth-order valence-electron chi connectivity index (χ4n) is 2.76. The van der Waals surface area contributed by atoms with Gasteiger partial charge in [-0.1, -0.05) is 0 Å². The number of carbonyl (C=O) groups is 1. The van der Waals surface area contributed by atoms with Gasteiger partial charge in [0.25, 0.3) is 0 Å². The minimum absolute atomic E-state index is 0. The van der Waals surface area contributed by atoms with Crippen molar-refractivity contribution >= 4 is 47.6 Å². The predicted octanol–water partition coefficient (Wildman–Crippen LogP) is 2.33. The summed E-state index contributed by atoms with van der Waals surface area (Å²) in [5, 5.41) is 6.55. The highest BCUT2D eigenvalue weighted by atomic mass is 127. The van der Waals surface area contributed by atoms with E-state index in [4.69, 9.17) is 9.73 Å². The minimum Gasteiger partial charge on any atom is -0.381 e. The Labute approximate surface area is 174 Å². The Balaban J connectivity index is 0.00000576. The molecule has 0 saturated carbocycles. The normalized spacial score (nSPS) is 16.7. The Morgan fingerprint density at radius 1 is 1.20 bits per heavy atom. The highest BCUT2D eigenvalue weighted by Crippen LogP contribution is 2.33. The second-order valence-electron chi connectivity index (χ2n) is 5.94. The van der Waals surface area contributed by atoms with Crippen LogP contribution >= 0.6 is 35.7 Å². The quantitative estimate of drug-likeness (QED) is 0.298. The van der Waals surface area contributed by atoms with Crippen LogP contribution in [0.15, 0.2) is 4.99 Å². The lowest BCUT2D eigenvalue weighted by Crippen LogP contribution is -2.42. The maximum atomic E-state index is 12.1. The molecule has 0 unspecified atom stereocenters. The summed E-state index contributed by atoms with van der Waals surface area (Å²) in [6.45, 7) is 11.4. The summed E-state index contributed by atoms with van der Waals surface area (Å²) in [6, 6.07) is 0. The van der Waals surface area contributed by atoms with Gasteiger partial charge in [0.2, 0.25) is 5.91 Å². The topological polar surface area (TPSA) is 66.0 Å². The van der Waals surface area contributed by atoms with Gasteiger partial charge in [-0.3, -0.25) is 9.79 Å². The summed E-state index contributed by atoms with van der Waals surface area (Å²) in [4.78, 5) is 18.7. The van der Waals surface area contributed by atoms with Crippen LogP contribution in [0.2, 0.25) is 0 Å². The van der Waals surface area contributed by atoms with Crippen molar-refractivity contribution in [3.63, 3.8) is 0 Å². The number of guanidine groups is 1. The molecule has 0 bridgehead atoms. The van der Waals surface area contributed by atoms with E-state index in [1.807, 2.05) is 30.5 Å². The molecule has 0 aromatic carbocycles. The highest BCUT2D eigenvalue weighted by Gasteiger charge is 2.31. The molecular weight excluding hydrogens is 451 g/mol. The van der Waals surface area contributed by atoms with Gasteiger partial charge in [0, 0.05) is 50.6 Å². The van der Waals surface area contributed by atoms with E-state index in [0.717, 1.165) is 58.2 Å². The Kier molecular flexibility index (Phi) is 13.8. The number of amides is 1. The van der Waals surface area contributed by atoms with Gasteiger partial charge in [-0.2, -0.15) is 11.8 Å². The summed E-state index contributed by atoms with van der Waals surface area (Å²) < 4.78 is 5.66. The molecule has 0 aromatic heterocycles. The number of carbonyl (C=O) groups excluding carboxylic acids is 1. The molecule has 2 N–H and O–H groups in total. The van der Waals surface area contributed by atoms with Crippen LogP contribution in [-0.4, -0.2) is 73.7 Å². The summed E-state index contributed by atoms with van der Waals surface area (Å²) in [6.07, 6.45) is 4.73. The van der Waals surface area contributed by atoms with Crippen molar-refractivity contribution in [2.45, 2.75) is 44.8 Å². The van der Waals surface area contributed by atoms with Crippen molar-refractivity contribution in [3.05, 3.63) is 0 Å². The molecule has 0 spiro atoms. The SMILES string of the molecule is CCNC(=NCC1(SC)CCOCC1)NCCC(=O)N(CC)CC.I. The molecule has 1 amide bonds. The first-order valence-electron chi connectivity index (χ1n) is 9.03. The van der Waals surface area contributed by atoms with Crippen molar-refractivity contribution in [2.75, 3.05) is 52.2 Å². The number of nitrogens with zero attached hydrogens (tertiary/aromatic N) is 2. The molecule has 1 heterocycles. The average molecular weight is 486 g/mol. The van der Waals surface area contributed by atoms with Gasteiger partial charge in [0.05, 0.1) is 6.54 Å². The molecule has 6 nitrogen and oxygen atoms in total. The predicted molar refractivity (Wildman–Crippen MR) is 118 cm³/mol. The van der Waals surface area contributed by atoms with E-state index >= 15 is 0 Å². The van der Waals surface area contributed by atoms with Gasteiger partial charge in [0.15, 0.2) is 5.96 Å². The monoisotopic (exact) mass is 486 g/mol. The van der Waals surface area contributed by atoms with Crippen LogP contribution in [0.4, 0.5) is 0 Å². The van der Waals surface area contributed by atoms with E-state index in [9.17, 15) is 4.79 Å². The molecule has 1 saturated heterocycles. The first-order chi connectivity index (χ1) is 11.6. The maximum Gasteiger partial charge on any atom is 0.224 e. The van der Waals surface area contributed by atoms with Crippen molar-refractivity contribution in [1.29, 1.82) is 0 Å². The molecule has 0 radical (unpaired) electrons. The number of hydrogen-bond donors (Lipinski definition) is 2. The molecule has 1 rings (SSSR count). The van der Waals surface area contributed by atoms with Gasteiger partial charge < -0.3 is 20.3 Å². The Bertz CT molecular complexity index is 400. The molecular formula is C17H35IN4O2S. The molecule has 0 aliphatic carbocycles. The lowest BCUT2D eigenvalue weighted by atomic mass is 9.99. The third-order valence-electron chi connectivity index (χ3n) is 4.45. The largest absolute Gasteiger partial charge is 0.381 e. The lowest BCUT2D eigenvalue weighted by molar-refractivity contribution is -0.130. The van der Waals surface area contributed by atoms with Crippen molar-refractivity contribution in [3.8, 4) is 0 Å². The molecule has 148 valence electrons. The summed E-state index contributed by atoms with van der Waals surface area (Å²) in [5.41, 5.74) is 0. The lowest BCUT2D eigenvalue weighted by Gasteiger charge is -2.34. The fraction of sp³-hybridized carbons (Fsp3) is 0.882. The molecule has 1 fully saturated rings. The van der Waals surface area contributed by atoms with Crippen LogP contribution in [-0.2, 0) is 9.53 Å². The number of thioether (sulfide) groups is 1. The first kappa shape index (κ1) is 24.8. The van der Waals surface area contributed by atoms with Gasteiger partial charge >= 0.3 is 0 Å². The summed E-state index contributed by atoms with van der Waals surface area (Å²) >= 11 is 1.89. The number of halogens is 1. The molecule has 8 heteroatoms. The zero-order chi connectivity index (χ0) is 17.8. The van der Waals surface area contributed by atoms with Crippen LogP contribution in [0, 0.1) is 0 Å². The van der Waals surface area contributed by atoms with Crippen molar-refractivity contribution in [1.82, 2.24) is 15.5 Å². The highest BCUT2D eigenvalue weighted by molar-refractivity contribution is 14.0. The van der Waals surface area contributed by atoms with E-state index in [1.54, 1.807) is 0 Å². The summed E-state index contributed by atoms with van der Waals surface area (Å²) in [7, 11) is 0. The summed E-state index contributed by atoms with van der Waals surface area (Å²) in [5.74, 6) is 0.984. The number of nitrogens with one attached hydrogen (secondary N) is 2.